The summed E-state index contributed by atoms with van der Waals surface area (Å²) in [6.07, 6.45) is 1.04. The van der Waals surface area contributed by atoms with Gasteiger partial charge in [0.2, 0.25) is 0 Å². The van der Waals surface area contributed by atoms with Crippen molar-refractivity contribution in [2.45, 2.75) is 19.9 Å². The lowest BCUT2D eigenvalue weighted by Gasteiger charge is -2.29. The number of nitrogens with zero attached hydrogens (tertiary/aromatic N) is 1. The Hall–Kier alpha value is -1.87. The van der Waals surface area contributed by atoms with Gasteiger partial charge in [0.15, 0.2) is 0 Å². The highest BCUT2D eigenvalue weighted by Gasteiger charge is 2.18. The standard InChI is InChI=1S/C17H19FN2/c1-2-20(17-8-4-3-7-15(17)18)16-9-5-6-13-10-11-19-12-14(13)16/h3-9,19H,2,10-12H2,1H3. The van der Waals surface area contributed by atoms with Crippen LogP contribution in [0.3, 0.4) is 0 Å². The van der Waals surface area contributed by atoms with E-state index in [0.717, 1.165) is 31.7 Å². The van der Waals surface area contributed by atoms with Crippen molar-refractivity contribution < 1.29 is 4.39 Å². The summed E-state index contributed by atoms with van der Waals surface area (Å²) in [5, 5.41) is 3.41. The number of nitrogens with one attached hydrogen (secondary N) is 1. The molecule has 2 nitrogen and oxygen atoms in total. The van der Waals surface area contributed by atoms with Gasteiger partial charge in [-0.15, -0.1) is 0 Å². The summed E-state index contributed by atoms with van der Waals surface area (Å²) >= 11 is 0. The number of fused-ring (bicyclic) bond motifs is 1. The van der Waals surface area contributed by atoms with E-state index >= 15 is 0 Å². The zero-order chi connectivity index (χ0) is 13.9. The summed E-state index contributed by atoms with van der Waals surface area (Å²) in [5.74, 6) is -0.171. The Bertz CT molecular complexity index is 610. The van der Waals surface area contributed by atoms with E-state index in [1.54, 1.807) is 6.07 Å². The summed E-state index contributed by atoms with van der Waals surface area (Å²) in [6, 6.07) is 13.3. The third-order valence-electron chi connectivity index (χ3n) is 3.87. The number of para-hydroxylation sites is 1. The van der Waals surface area contributed by atoms with Gasteiger partial charge in [0, 0.05) is 18.8 Å². The van der Waals surface area contributed by atoms with Gasteiger partial charge >= 0.3 is 0 Å². The van der Waals surface area contributed by atoms with Crippen LogP contribution in [0.15, 0.2) is 42.5 Å². The first kappa shape index (κ1) is 13.1. The molecule has 0 saturated heterocycles. The quantitative estimate of drug-likeness (QED) is 0.916. The molecule has 0 bridgehead atoms. The summed E-state index contributed by atoms with van der Waals surface area (Å²) in [5.41, 5.74) is 4.43. The topological polar surface area (TPSA) is 15.3 Å². The van der Waals surface area contributed by atoms with Crippen molar-refractivity contribution in [1.82, 2.24) is 5.32 Å². The first-order chi connectivity index (χ1) is 9.81. The molecule has 0 aliphatic carbocycles. The Labute approximate surface area is 119 Å². The zero-order valence-corrected chi connectivity index (χ0v) is 11.7. The highest BCUT2D eigenvalue weighted by atomic mass is 19.1. The van der Waals surface area contributed by atoms with Crippen molar-refractivity contribution in [3.8, 4) is 0 Å². The maximum absolute atomic E-state index is 14.1. The fourth-order valence-electron chi connectivity index (χ4n) is 2.89. The van der Waals surface area contributed by atoms with Crippen LogP contribution in [0.5, 0.6) is 0 Å². The molecular weight excluding hydrogens is 251 g/mol. The molecule has 20 heavy (non-hydrogen) atoms. The first-order valence-electron chi connectivity index (χ1n) is 7.15. The molecular formula is C17H19FN2. The Morgan fingerprint density at radius 1 is 1.10 bits per heavy atom. The van der Waals surface area contributed by atoms with Crippen LogP contribution in [0.1, 0.15) is 18.1 Å². The highest BCUT2D eigenvalue weighted by Crippen LogP contribution is 2.33. The van der Waals surface area contributed by atoms with Crippen molar-refractivity contribution in [3.05, 3.63) is 59.4 Å². The molecule has 0 spiro atoms. The van der Waals surface area contributed by atoms with Crippen LogP contribution in [-0.2, 0) is 13.0 Å². The van der Waals surface area contributed by atoms with E-state index in [0.29, 0.717) is 5.69 Å². The van der Waals surface area contributed by atoms with Crippen LogP contribution in [0.2, 0.25) is 0 Å². The molecule has 0 atom stereocenters. The van der Waals surface area contributed by atoms with E-state index in [1.807, 2.05) is 12.1 Å². The Balaban J connectivity index is 2.09. The van der Waals surface area contributed by atoms with Gasteiger partial charge in [-0.05, 0) is 49.2 Å². The monoisotopic (exact) mass is 270 g/mol. The van der Waals surface area contributed by atoms with Crippen LogP contribution in [0.4, 0.5) is 15.8 Å². The number of hydrogen-bond donors (Lipinski definition) is 1. The highest BCUT2D eigenvalue weighted by molar-refractivity contribution is 5.68. The van der Waals surface area contributed by atoms with Gasteiger partial charge in [-0.25, -0.2) is 4.39 Å². The molecule has 0 fully saturated rings. The molecule has 3 rings (SSSR count). The molecule has 0 amide bonds. The lowest BCUT2D eigenvalue weighted by Crippen LogP contribution is -2.27. The minimum atomic E-state index is -0.171. The van der Waals surface area contributed by atoms with Gasteiger partial charge in [0.05, 0.1) is 5.69 Å². The minimum absolute atomic E-state index is 0.171. The lowest BCUT2D eigenvalue weighted by molar-refractivity contribution is 0.623. The van der Waals surface area contributed by atoms with Crippen molar-refractivity contribution in [3.63, 3.8) is 0 Å². The molecule has 0 unspecified atom stereocenters. The van der Waals surface area contributed by atoms with Crippen LogP contribution < -0.4 is 10.2 Å². The molecule has 0 radical (unpaired) electrons. The number of rotatable bonds is 3. The smallest absolute Gasteiger partial charge is 0.146 e. The van der Waals surface area contributed by atoms with E-state index in [9.17, 15) is 4.39 Å². The lowest BCUT2D eigenvalue weighted by atomic mass is 9.98. The first-order valence-corrected chi connectivity index (χ1v) is 7.15. The van der Waals surface area contributed by atoms with E-state index in [4.69, 9.17) is 0 Å². The predicted molar refractivity (Wildman–Crippen MR) is 80.9 cm³/mol. The van der Waals surface area contributed by atoms with Gasteiger partial charge in [-0.3, -0.25) is 0 Å². The number of hydrogen-bond acceptors (Lipinski definition) is 2. The molecule has 0 aromatic heterocycles. The summed E-state index contributed by atoms with van der Waals surface area (Å²) in [6.45, 7) is 4.68. The van der Waals surface area contributed by atoms with Crippen molar-refractivity contribution in [2.24, 2.45) is 0 Å². The number of halogens is 1. The molecule has 0 saturated carbocycles. The van der Waals surface area contributed by atoms with Crippen LogP contribution in [-0.4, -0.2) is 13.1 Å². The minimum Gasteiger partial charge on any atom is -0.339 e. The summed E-state index contributed by atoms with van der Waals surface area (Å²) < 4.78 is 14.1. The molecule has 1 heterocycles. The molecule has 3 heteroatoms. The second kappa shape index (κ2) is 5.63. The number of anilines is 2. The second-order valence-electron chi connectivity index (χ2n) is 5.04. The predicted octanol–water partition coefficient (Wildman–Crippen LogP) is 3.63. The zero-order valence-electron chi connectivity index (χ0n) is 11.7. The van der Waals surface area contributed by atoms with E-state index in [1.165, 1.54) is 17.2 Å². The maximum atomic E-state index is 14.1. The van der Waals surface area contributed by atoms with Crippen LogP contribution >= 0.6 is 0 Å². The Morgan fingerprint density at radius 2 is 1.90 bits per heavy atom. The largest absolute Gasteiger partial charge is 0.339 e. The molecule has 1 aliphatic heterocycles. The van der Waals surface area contributed by atoms with Gasteiger partial charge in [-0.2, -0.15) is 0 Å². The Morgan fingerprint density at radius 3 is 2.70 bits per heavy atom. The van der Waals surface area contributed by atoms with Gasteiger partial charge in [-0.1, -0.05) is 24.3 Å². The van der Waals surface area contributed by atoms with E-state index in [2.05, 4.69) is 35.3 Å². The molecule has 2 aromatic carbocycles. The van der Waals surface area contributed by atoms with Crippen molar-refractivity contribution in [1.29, 1.82) is 0 Å². The van der Waals surface area contributed by atoms with E-state index < -0.39 is 0 Å². The average molecular weight is 270 g/mol. The molecule has 1 N–H and O–H groups in total. The fraction of sp³-hybridized carbons (Fsp3) is 0.294. The van der Waals surface area contributed by atoms with Crippen LogP contribution in [0, 0.1) is 5.82 Å². The second-order valence-corrected chi connectivity index (χ2v) is 5.04. The van der Waals surface area contributed by atoms with Crippen LogP contribution in [0.25, 0.3) is 0 Å². The third kappa shape index (κ3) is 2.29. The molecule has 2 aromatic rings. The van der Waals surface area contributed by atoms with Crippen molar-refractivity contribution in [2.75, 3.05) is 18.0 Å². The number of benzene rings is 2. The average Bonchev–Trinajstić information content (AvgIpc) is 2.50. The van der Waals surface area contributed by atoms with E-state index in [-0.39, 0.29) is 5.82 Å². The molecule has 1 aliphatic rings. The summed E-state index contributed by atoms with van der Waals surface area (Å²) in [4.78, 5) is 2.06. The fourth-order valence-corrected chi connectivity index (χ4v) is 2.89. The van der Waals surface area contributed by atoms with Crippen molar-refractivity contribution >= 4 is 11.4 Å². The maximum Gasteiger partial charge on any atom is 0.146 e. The normalized spacial score (nSPS) is 13.9. The Kier molecular flexibility index (Phi) is 3.70. The van der Waals surface area contributed by atoms with Gasteiger partial charge in [0.1, 0.15) is 5.82 Å². The summed E-state index contributed by atoms with van der Waals surface area (Å²) in [7, 11) is 0. The van der Waals surface area contributed by atoms with Gasteiger partial charge < -0.3 is 10.2 Å². The third-order valence-corrected chi connectivity index (χ3v) is 3.87. The van der Waals surface area contributed by atoms with Gasteiger partial charge in [0.25, 0.3) is 0 Å². The molecule has 104 valence electrons. The SMILES string of the molecule is CCN(c1ccccc1F)c1cccc2c1CNCC2.